The van der Waals surface area contributed by atoms with Crippen LogP contribution in [0.15, 0.2) is 76.3 Å². The summed E-state index contributed by atoms with van der Waals surface area (Å²) in [4.78, 5) is 10.9. The summed E-state index contributed by atoms with van der Waals surface area (Å²) in [5.74, 6) is 0.758. The summed E-state index contributed by atoms with van der Waals surface area (Å²) in [6.07, 6.45) is 0.127. The number of fused-ring (bicyclic) bond motifs is 3. The van der Waals surface area contributed by atoms with E-state index in [9.17, 15) is 10.1 Å². The fraction of sp³-hybridized carbons (Fsp3) is 0.136. The average molecular weight is 485 g/mol. The third kappa shape index (κ3) is 3.24. The molecule has 0 aromatic heterocycles. The molecule has 0 saturated carbocycles. The largest absolute Gasteiger partial charge is 0.464 e. The molecule has 0 bridgehead atoms. The number of nitro groups is 1. The van der Waals surface area contributed by atoms with Crippen LogP contribution in [-0.2, 0) is 0 Å². The summed E-state index contributed by atoms with van der Waals surface area (Å²) in [5.41, 5.74) is 3.51. The first-order chi connectivity index (χ1) is 14.5. The van der Waals surface area contributed by atoms with Crippen LogP contribution in [0.25, 0.3) is 0 Å². The van der Waals surface area contributed by atoms with Gasteiger partial charge >= 0.3 is 0 Å². The van der Waals surface area contributed by atoms with E-state index >= 15 is 0 Å². The van der Waals surface area contributed by atoms with Gasteiger partial charge in [-0.2, -0.15) is 5.10 Å². The first kappa shape index (κ1) is 19.1. The van der Waals surface area contributed by atoms with Crippen molar-refractivity contribution in [3.8, 4) is 5.75 Å². The van der Waals surface area contributed by atoms with Gasteiger partial charge in [-0.05, 0) is 29.8 Å². The minimum Gasteiger partial charge on any atom is -0.464 e. The molecule has 8 heteroatoms. The van der Waals surface area contributed by atoms with Crippen molar-refractivity contribution in [2.45, 2.75) is 18.7 Å². The van der Waals surface area contributed by atoms with Crippen LogP contribution in [0, 0.1) is 10.1 Å². The molecule has 0 N–H and O–H groups in total. The molecule has 0 spiro atoms. The van der Waals surface area contributed by atoms with Gasteiger partial charge in [0.15, 0.2) is 0 Å². The number of hydrogen-bond donors (Lipinski definition) is 0. The molecule has 0 unspecified atom stereocenters. The van der Waals surface area contributed by atoms with Crippen molar-refractivity contribution in [2.75, 3.05) is 0 Å². The molecule has 6 nitrogen and oxygen atoms in total. The summed E-state index contributed by atoms with van der Waals surface area (Å²) in [6.45, 7) is 0. The zero-order chi connectivity index (χ0) is 20.8. The van der Waals surface area contributed by atoms with Crippen LogP contribution in [0.4, 0.5) is 5.69 Å². The standard InChI is InChI=1S/C22H15BrClN3O3/c23-15-8-5-13(6-9-15)18-12-19-16-3-1-2-4-21(16)30-22(26(19)25-18)14-7-10-17(24)20(11-14)27(28)29/h1-11,19,22H,12H2/t19-,22-/m0/s1. The highest BCUT2D eigenvalue weighted by atomic mass is 79.9. The molecule has 3 aromatic rings. The second kappa shape index (κ2) is 7.41. The Balaban J connectivity index is 1.60. The lowest BCUT2D eigenvalue weighted by molar-refractivity contribution is -0.384. The second-order valence-electron chi connectivity index (χ2n) is 7.13. The van der Waals surface area contributed by atoms with Crippen LogP contribution in [0.2, 0.25) is 5.02 Å². The Morgan fingerprint density at radius 2 is 1.90 bits per heavy atom. The highest BCUT2D eigenvalue weighted by molar-refractivity contribution is 9.10. The van der Waals surface area contributed by atoms with Crippen molar-refractivity contribution in [3.63, 3.8) is 0 Å². The predicted octanol–water partition coefficient (Wildman–Crippen LogP) is 6.25. The number of hydrogen-bond acceptors (Lipinski definition) is 5. The lowest BCUT2D eigenvalue weighted by atomic mass is 9.96. The second-order valence-corrected chi connectivity index (χ2v) is 8.45. The van der Waals surface area contributed by atoms with Crippen molar-refractivity contribution in [2.24, 2.45) is 5.10 Å². The number of hydrazone groups is 1. The molecule has 2 heterocycles. The molecule has 2 aliphatic heterocycles. The Hall–Kier alpha value is -2.90. The zero-order valence-electron chi connectivity index (χ0n) is 15.5. The third-order valence-corrected chi connectivity index (χ3v) is 6.18. The minimum absolute atomic E-state index is 0.0201. The van der Waals surface area contributed by atoms with Crippen LogP contribution in [0.1, 0.15) is 35.4 Å². The summed E-state index contributed by atoms with van der Waals surface area (Å²) in [6, 6.07) is 20.6. The molecule has 30 heavy (non-hydrogen) atoms. The highest BCUT2D eigenvalue weighted by Crippen LogP contribution is 2.48. The third-order valence-electron chi connectivity index (χ3n) is 5.33. The summed E-state index contributed by atoms with van der Waals surface area (Å²) in [7, 11) is 0. The van der Waals surface area contributed by atoms with Gasteiger partial charge in [-0.25, -0.2) is 5.01 Å². The maximum Gasteiger partial charge on any atom is 0.288 e. The van der Waals surface area contributed by atoms with E-state index in [-0.39, 0.29) is 16.8 Å². The topological polar surface area (TPSA) is 68.0 Å². The van der Waals surface area contributed by atoms with Crippen LogP contribution in [0.5, 0.6) is 5.75 Å². The molecule has 0 amide bonds. The van der Waals surface area contributed by atoms with E-state index in [1.807, 2.05) is 53.5 Å². The number of halogens is 2. The van der Waals surface area contributed by atoms with Gasteiger partial charge in [-0.1, -0.05) is 63.9 Å². The number of ether oxygens (including phenoxy) is 1. The van der Waals surface area contributed by atoms with E-state index in [0.717, 1.165) is 27.1 Å². The smallest absolute Gasteiger partial charge is 0.288 e. The molecular formula is C22H15BrClN3O3. The summed E-state index contributed by atoms with van der Waals surface area (Å²) < 4.78 is 7.26. The number of benzene rings is 3. The SMILES string of the molecule is O=[N+]([O-])c1cc([C@@H]2Oc3ccccc3[C@@H]3CC(c4ccc(Br)cc4)=NN32)ccc1Cl. The Bertz CT molecular complexity index is 1180. The Morgan fingerprint density at radius 1 is 1.13 bits per heavy atom. The molecule has 0 fully saturated rings. The van der Waals surface area contributed by atoms with Gasteiger partial charge in [0.05, 0.1) is 16.7 Å². The van der Waals surface area contributed by atoms with Gasteiger partial charge in [0.1, 0.15) is 10.8 Å². The molecule has 150 valence electrons. The van der Waals surface area contributed by atoms with Gasteiger partial charge in [-0.15, -0.1) is 0 Å². The zero-order valence-corrected chi connectivity index (χ0v) is 17.9. The van der Waals surface area contributed by atoms with E-state index in [1.165, 1.54) is 12.1 Å². The van der Waals surface area contributed by atoms with Gasteiger partial charge in [0, 0.05) is 28.1 Å². The van der Waals surface area contributed by atoms with Gasteiger partial charge in [0.25, 0.3) is 5.69 Å². The number of rotatable bonds is 3. The van der Waals surface area contributed by atoms with E-state index in [1.54, 1.807) is 6.07 Å². The predicted molar refractivity (Wildman–Crippen MR) is 118 cm³/mol. The molecule has 0 aliphatic carbocycles. The van der Waals surface area contributed by atoms with Gasteiger partial charge in [-0.3, -0.25) is 10.1 Å². The number of para-hydroxylation sites is 1. The first-order valence-electron chi connectivity index (χ1n) is 9.32. The fourth-order valence-corrected chi connectivity index (χ4v) is 4.35. The van der Waals surface area contributed by atoms with E-state index < -0.39 is 11.2 Å². The molecule has 0 saturated heterocycles. The summed E-state index contributed by atoms with van der Waals surface area (Å²) in [5, 5.41) is 18.2. The van der Waals surface area contributed by atoms with Gasteiger partial charge < -0.3 is 4.74 Å². The van der Waals surface area contributed by atoms with Crippen LogP contribution < -0.4 is 4.74 Å². The number of nitrogens with zero attached hydrogens (tertiary/aromatic N) is 3. The maximum atomic E-state index is 11.4. The summed E-state index contributed by atoms with van der Waals surface area (Å²) >= 11 is 9.48. The van der Waals surface area contributed by atoms with Crippen molar-refractivity contribution < 1.29 is 9.66 Å². The van der Waals surface area contributed by atoms with Crippen LogP contribution >= 0.6 is 27.5 Å². The monoisotopic (exact) mass is 483 g/mol. The minimum atomic E-state index is -0.589. The molecule has 3 aromatic carbocycles. The molecular weight excluding hydrogens is 470 g/mol. The Morgan fingerprint density at radius 3 is 2.67 bits per heavy atom. The Labute approximate surface area is 186 Å². The van der Waals surface area contributed by atoms with Crippen molar-refractivity contribution in [1.29, 1.82) is 0 Å². The average Bonchev–Trinajstić information content (AvgIpc) is 3.19. The quantitative estimate of drug-likeness (QED) is 0.325. The molecule has 0 radical (unpaired) electrons. The lowest BCUT2D eigenvalue weighted by Crippen LogP contribution is -2.33. The van der Waals surface area contributed by atoms with E-state index in [0.29, 0.717) is 12.0 Å². The van der Waals surface area contributed by atoms with Crippen LogP contribution in [-0.4, -0.2) is 15.6 Å². The number of nitro benzene ring substituents is 1. The van der Waals surface area contributed by atoms with Gasteiger partial charge in [0.2, 0.25) is 6.23 Å². The fourth-order valence-electron chi connectivity index (χ4n) is 3.89. The Kier molecular flexibility index (Phi) is 4.72. The van der Waals surface area contributed by atoms with Crippen molar-refractivity contribution >= 4 is 38.9 Å². The van der Waals surface area contributed by atoms with E-state index in [2.05, 4.69) is 15.9 Å². The highest BCUT2D eigenvalue weighted by Gasteiger charge is 2.41. The molecule has 5 rings (SSSR count). The normalized spacial score (nSPS) is 19.5. The lowest BCUT2D eigenvalue weighted by Gasteiger charge is -2.38. The molecule has 2 atom stereocenters. The van der Waals surface area contributed by atoms with Crippen LogP contribution in [0.3, 0.4) is 0 Å². The van der Waals surface area contributed by atoms with Crippen molar-refractivity contribution in [3.05, 3.63) is 103 Å². The maximum absolute atomic E-state index is 11.4. The molecule has 2 aliphatic rings. The van der Waals surface area contributed by atoms with Crippen molar-refractivity contribution in [1.82, 2.24) is 5.01 Å². The van der Waals surface area contributed by atoms with E-state index in [4.69, 9.17) is 21.4 Å². The first-order valence-corrected chi connectivity index (χ1v) is 10.5.